The number of aryl methyl sites for hydroxylation is 1. The van der Waals surface area contributed by atoms with E-state index in [2.05, 4.69) is 16.7 Å². The first-order chi connectivity index (χ1) is 16.9. The number of carbonyl (C=O) groups is 2. The molecule has 1 heterocycles. The number of anilines is 1. The molecule has 1 aliphatic rings. The molecule has 0 spiro atoms. The maximum Gasteiger partial charge on any atom is 0.337 e. The second kappa shape index (κ2) is 11.4. The average molecular weight is 545 g/mol. The second-order valence-electron chi connectivity index (χ2n) is 9.31. The fraction of sp³-hybridized carbons (Fsp3) is 0.296. The largest absolute Gasteiger partial charge is 0.457 e. The first kappa shape index (κ1) is 27.7. The van der Waals surface area contributed by atoms with Gasteiger partial charge in [0.2, 0.25) is 5.91 Å². The van der Waals surface area contributed by atoms with E-state index in [1.54, 1.807) is 64.1 Å². The molecule has 6 nitrogen and oxygen atoms in total. The van der Waals surface area contributed by atoms with Gasteiger partial charge in [-0.1, -0.05) is 53.2 Å². The van der Waals surface area contributed by atoms with Gasteiger partial charge in [-0.25, -0.2) is 4.79 Å². The van der Waals surface area contributed by atoms with Crippen LogP contribution in [-0.4, -0.2) is 23.2 Å². The number of amides is 1. The Balaban J connectivity index is 1.91. The number of nitrogens with zero attached hydrogens (tertiary/aromatic N) is 1. The van der Waals surface area contributed by atoms with E-state index in [1.807, 2.05) is 13.0 Å². The molecule has 3 rings (SSSR count). The lowest BCUT2D eigenvalue weighted by Crippen LogP contribution is -2.32. The van der Waals surface area contributed by atoms with E-state index in [0.717, 1.165) is 11.1 Å². The zero-order valence-corrected chi connectivity index (χ0v) is 23.0. The maximum absolute atomic E-state index is 13.2. The third-order valence-electron chi connectivity index (χ3n) is 5.27. The van der Waals surface area contributed by atoms with Crippen LogP contribution in [0.3, 0.4) is 0 Å². The van der Waals surface area contributed by atoms with Crippen LogP contribution < -0.4 is 10.6 Å². The van der Waals surface area contributed by atoms with Crippen molar-refractivity contribution in [2.24, 2.45) is 0 Å². The van der Waals surface area contributed by atoms with Crippen molar-refractivity contribution >= 4 is 52.5 Å². The number of carbonyl (C=O) groups excluding carboxylic acids is 2. The topological polar surface area (TPSA) is 91.2 Å². The number of rotatable bonds is 6. The SMILES string of the molecule is CC1=C(C(=O)OC(C)(C)C)[C@H](c2ccc(Cl)cc2)C(C#N)=C(SCC(=O)Nc2ccc(C)c(Cl)c2)N1. The zero-order chi connectivity index (χ0) is 26.6. The van der Waals surface area contributed by atoms with E-state index in [0.29, 0.717) is 37.6 Å². The predicted molar refractivity (Wildman–Crippen MR) is 146 cm³/mol. The number of nitrogens with one attached hydrogen (secondary N) is 2. The van der Waals surface area contributed by atoms with Crippen molar-refractivity contribution in [1.29, 1.82) is 5.26 Å². The molecule has 0 radical (unpaired) electrons. The molecule has 0 unspecified atom stereocenters. The highest BCUT2D eigenvalue weighted by atomic mass is 35.5. The number of hydrogen-bond donors (Lipinski definition) is 2. The third-order valence-corrected chi connectivity index (χ3v) is 6.95. The summed E-state index contributed by atoms with van der Waals surface area (Å²) in [5.74, 6) is -1.40. The number of halogens is 2. The number of nitriles is 1. The van der Waals surface area contributed by atoms with Gasteiger partial charge in [0.1, 0.15) is 5.60 Å². The number of ether oxygens (including phenoxy) is 1. The predicted octanol–water partition coefficient (Wildman–Crippen LogP) is 6.71. The summed E-state index contributed by atoms with van der Waals surface area (Å²) in [5, 5.41) is 17.7. The number of thioether (sulfide) groups is 1. The molecule has 0 fully saturated rings. The van der Waals surface area contributed by atoms with E-state index in [9.17, 15) is 14.9 Å². The molecule has 2 N–H and O–H groups in total. The molecule has 188 valence electrons. The molecule has 2 aromatic rings. The summed E-state index contributed by atoms with van der Waals surface area (Å²) in [4.78, 5) is 25.8. The van der Waals surface area contributed by atoms with Crippen LogP contribution in [-0.2, 0) is 14.3 Å². The molecule has 9 heteroatoms. The van der Waals surface area contributed by atoms with Crippen LogP contribution >= 0.6 is 35.0 Å². The molecule has 1 amide bonds. The lowest BCUT2D eigenvalue weighted by atomic mass is 9.82. The summed E-state index contributed by atoms with van der Waals surface area (Å²) in [5.41, 5.74) is 2.72. The molecule has 0 aliphatic carbocycles. The van der Waals surface area contributed by atoms with Gasteiger partial charge in [0.15, 0.2) is 0 Å². The normalized spacial score (nSPS) is 15.8. The quantitative estimate of drug-likeness (QED) is 0.393. The van der Waals surface area contributed by atoms with E-state index in [4.69, 9.17) is 27.9 Å². The van der Waals surface area contributed by atoms with E-state index >= 15 is 0 Å². The zero-order valence-electron chi connectivity index (χ0n) is 20.7. The van der Waals surface area contributed by atoms with Crippen molar-refractivity contribution in [3.05, 3.63) is 85.5 Å². The molecule has 0 aromatic heterocycles. The van der Waals surface area contributed by atoms with Gasteiger partial charge in [0.25, 0.3) is 0 Å². The molecule has 2 aromatic carbocycles. The second-order valence-corrected chi connectivity index (χ2v) is 11.1. The van der Waals surface area contributed by atoms with Gasteiger partial charge in [-0.2, -0.15) is 5.26 Å². The van der Waals surface area contributed by atoms with Gasteiger partial charge in [0, 0.05) is 21.4 Å². The minimum Gasteiger partial charge on any atom is -0.457 e. The van der Waals surface area contributed by atoms with Gasteiger partial charge >= 0.3 is 5.97 Å². The van der Waals surface area contributed by atoms with Gasteiger partial charge in [-0.3, -0.25) is 4.79 Å². The Hall–Kier alpha value is -2.92. The number of benzene rings is 2. The lowest BCUT2D eigenvalue weighted by Gasteiger charge is -2.31. The Labute approximate surface area is 225 Å². The summed E-state index contributed by atoms with van der Waals surface area (Å²) < 4.78 is 5.66. The molecule has 0 saturated carbocycles. The first-order valence-electron chi connectivity index (χ1n) is 11.2. The summed E-state index contributed by atoms with van der Waals surface area (Å²) >= 11 is 13.4. The molecule has 36 heavy (non-hydrogen) atoms. The van der Waals surface area contributed by atoms with Crippen LogP contribution in [0.1, 0.15) is 44.7 Å². The van der Waals surface area contributed by atoms with Crippen LogP contribution in [0.25, 0.3) is 0 Å². The standard InChI is InChI=1S/C27H27Cl2N3O3S/c1-15-6-11-19(12-21(15)29)32-22(33)14-36-25-20(13-30)24(17-7-9-18(28)10-8-17)23(16(2)31-25)26(34)35-27(3,4)5/h6-12,24,31H,14H2,1-5H3,(H,32,33)/t24-/m1/s1. The van der Waals surface area contributed by atoms with Crippen molar-refractivity contribution in [1.82, 2.24) is 5.32 Å². The maximum atomic E-state index is 13.2. The first-order valence-corrected chi connectivity index (χ1v) is 12.9. The molecule has 1 aliphatic heterocycles. The Morgan fingerprint density at radius 2 is 1.81 bits per heavy atom. The highest BCUT2D eigenvalue weighted by Crippen LogP contribution is 2.41. The van der Waals surface area contributed by atoms with E-state index < -0.39 is 17.5 Å². The van der Waals surface area contributed by atoms with Gasteiger partial charge in [-0.15, -0.1) is 0 Å². The molecule has 0 bridgehead atoms. The van der Waals surface area contributed by atoms with Crippen molar-refractivity contribution in [2.75, 3.05) is 11.1 Å². The van der Waals surface area contributed by atoms with Gasteiger partial charge < -0.3 is 15.4 Å². The van der Waals surface area contributed by atoms with Gasteiger partial charge in [-0.05, 0) is 70.0 Å². The highest BCUT2D eigenvalue weighted by molar-refractivity contribution is 8.03. The number of dihydropyridines is 1. The minimum absolute atomic E-state index is 0.0431. The summed E-state index contributed by atoms with van der Waals surface area (Å²) in [6.45, 7) is 9.00. The Bertz CT molecular complexity index is 1290. The number of allylic oxidation sites excluding steroid dienone is 2. The van der Waals surface area contributed by atoms with Crippen LogP contribution in [0.15, 0.2) is 64.3 Å². The third kappa shape index (κ3) is 6.85. The van der Waals surface area contributed by atoms with Crippen LogP contribution in [0.4, 0.5) is 5.69 Å². The Morgan fingerprint density at radius 1 is 1.14 bits per heavy atom. The van der Waals surface area contributed by atoms with Crippen molar-refractivity contribution in [3.8, 4) is 6.07 Å². The molecule has 1 atom stereocenters. The summed E-state index contributed by atoms with van der Waals surface area (Å²) in [7, 11) is 0. The van der Waals surface area contributed by atoms with Crippen LogP contribution in [0.5, 0.6) is 0 Å². The van der Waals surface area contributed by atoms with Crippen LogP contribution in [0.2, 0.25) is 10.0 Å². The number of esters is 1. The Morgan fingerprint density at radius 3 is 2.39 bits per heavy atom. The smallest absolute Gasteiger partial charge is 0.337 e. The fourth-order valence-electron chi connectivity index (χ4n) is 3.62. The lowest BCUT2D eigenvalue weighted by molar-refractivity contribution is -0.150. The monoisotopic (exact) mass is 543 g/mol. The van der Waals surface area contributed by atoms with Crippen molar-refractivity contribution in [2.45, 2.75) is 46.1 Å². The fourth-order valence-corrected chi connectivity index (χ4v) is 4.82. The summed E-state index contributed by atoms with van der Waals surface area (Å²) in [6, 6.07) is 14.5. The van der Waals surface area contributed by atoms with Crippen molar-refractivity contribution < 1.29 is 14.3 Å². The minimum atomic E-state index is -0.711. The van der Waals surface area contributed by atoms with Crippen LogP contribution in [0, 0.1) is 18.3 Å². The highest BCUT2D eigenvalue weighted by Gasteiger charge is 2.37. The van der Waals surface area contributed by atoms with E-state index in [-0.39, 0.29) is 11.7 Å². The van der Waals surface area contributed by atoms with E-state index in [1.165, 1.54) is 11.8 Å². The summed E-state index contributed by atoms with van der Waals surface area (Å²) in [6.07, 6.45) is 0. The molecular weight excluding hydrogens is 517 g/mol. The van der Waals surface area contributed by atoms with Gasteiger partial charge in [0.05, 0.1) is 33.9 Å². The Kier molecular flexibility index (Phi) is 8.78. The molecule has 0 saturated heterocycles. The average Bonchev–Trinajstić information content (AvgIpc) is 2.79. The molecular formula is C27H27Cl2N3O3S. The number of hydrogen-bond acceptors (Lipinski definition) is 6. The van der Waals surface area contributed by atoms with Crippen molar-refractivity contribution in [3.63, 3.8) is 0 Å².